The summed E-state index contributed by atoms with van der Waals surface area (Å²) in [7, 11) is 0. The summed E-state index contributed by atoms with van der Waals surface area (Å²) in [6.45, 7) is -0.00365. The van der Waals surface area contributed by atoms with Crippen LogP contribution in [0.2, 0.25) is 5.02 Å². The highest BCUT2D eigenvalue weighted by atomic mass is 79.9. The van der Waals surface area contributed by atoms with Gasteiger partial charge >= 0.3 is 0 Å². The van der Waals surface area contributed by atoms with Gasteiger partial charge in [0, 0.05) is 15.1 Å². The largest absolute Gasteiger partial charge is 0.392 e. The third kappa shape index (κ3) is 1.70. The predicted octanol–water partition coefficient (Wildman–Crippen LogP) is 3.94. The van der Waals surface area contributed by atoms with Crippen LogP contribution in [0.4, 0.5) is 0 Å². The van der Waals surface area contributed by atoms with E-state index >= 15 is 0 Å². The van der Waals surface area contributed by atoms with Crippen LogP contribution < -0.4 is 0 Å². The number of aliphatic hydroxyl groups excluding tert-OH is 1. The lowest BCUT2D eigenvalue weighted by Crippen LogP contribution is -1.84. The number of rotatable bonds is 2. The highest BCUT2D eigenvalue weighted by Crippen LogP contribution is 2.32. The maximum atomic E-state index is 9.05. The van der Waals surface area contributed by atoms with E-state index in [1.54, 1.807) is 11.3 Å². The fraction of sp³-hybridized carbons (Fsp3) is 0.200. The molecule has 0 saturated heterocycles. The third-order valence-electron chi connectivity index (χ3n) is 2.14. The summed E-state index contributed by atoms with van der Waals surface area (Å²) in [5.74, 6) is 0. The van der Waals surface area contributed by atoms with E-state index in [9.17, 15) is 0 Å². The average molecular weight is 292 g/mol. The molecule has 0 unspecified atom stereocenters. The molecule has 2 rings (SSSR count). The number of fused-ring (bicyclic) bond motifs is 1. The monoisotopic (exact) mass is 290 g/mol. The van der Waals surface area contributed by atoms with Crippen LogP contribution in [0.5, 0.6) is 0 Å². The SMILES string of the molecule is OCc1cc2scc(CBr)c2cc1Cl. The smallest absolute Gasteiger partial charge is 0.0696 e. The van der Waals surface area contributed by atoms with Gasteiger partial charge in [-0.25, -0.2) is 0 Å². The summed E-state index contributed by atoms with van der Waals surface area (Å²) >= 11 is 11.1. The molecule has 0 fully saturated rings. The molecule has 1 aromatic carbocycles. The number of hydrogen-bond donors (Lipinski definition) is 1. The Balaban J connectivity index is 2.69. The van der Waals surface area contributed by atoms with Gasteiger partial charge in [0.05, 0.1) is 6.61 Å². The molecule has 0 aliphatic rings. The van der Waals surface area contributed by atoms with Crippen LogP contribution in [-0.2, 0) is 11.9 Å². The normalized spacial score (nSPS) is 11.1. The molecule has 0 aliphatic heterocycles. The lowest BCUT2D eigenvalue weighted by molar-refractivity contribution is 0.282. The Kier molecular flexibility index (Phi) is 3.12. The minimum Gasteiger partial charge on any atom is -0.392 e. The Labute approximate surface area is 99.4 Å². The maximum absolute atomic E-state index is 9.05. The summed E-state index contributed by atoms with van der Waals surface area (Å²) in [6.07, 6.45) is 0. The van der Waals surface area contributed by atoms with Gasteiger partial charge in [-0.1, -0.05) is 27.5 Å². The van der Waals surface area contributed by atoms with Crippen molar-refractivity contribution in [3.63, 3.8) is 0 Å². The van der Waals surface area contributed by atoms with E-state index in [2.05, 4.69) is 21.3 Å². The molecule has 0 radical (unpaired) electrons. The van der Waals surface area contributed by atoms with E-state index in [-0.39, 0.29) is 6.61 Å². The standard InChI is InChI=1S/C10H8BrClOS/c11-3-7-5-14-10-1-6(4-13)9(12)2-8(7)10/h1-2,5,13H,3-4H2. The Morgan fingerprint density at radius 2 is 2.14 bits per heavy atom. The summed E-state index contributed by atoms with van der Waals surface area (Å²) in [4.78, 5) is 0. The van der Waals surface area contributed by atoms with Crippen molar-refractivity contribution in [2.24, 2.45) is 0 Å². The van der Waals surface area contributed by atoms with E-state index < -0.39 is 0 Å². The lowest BCUT2D eigenvalue weighted by atomic mass is 10.1. The molecule has 74 valence electrons. The number of benzene rings is 1. The Bertz CT molecular complexity index is 466. The van der Waals surface area contributed by atoms with Crippen molar-refractivity contribution in [2.75, 3.05) is 0 Å². The molecule has 0 saturated carbocycles. The second-order valence-electron chi connectivity index (χ2n) is 2.99. The van der Waals surface area contributed by atoms with Gasteiger partial charge < -0.3 is 5.11 Å². The Hall–Kier alpha value is -0.0900. The first-order valence-corrected chi connectivity index (χ1v) is 6.49. The van der Waals surface area contributed by atoms with Gasteiger partial charge in [-0.3, -0.25) is 0 Å². The molecule has 14 heavy (non-hydrogen) atoms. The Morgan fingerprint density at radius 3 is 2.79 bits per heavy atom. The van der Waals surface area contributed by atoms with Crippen molar-refractivity contribution >= 4 is 49.0 Å². The lowest BCUT2D eigenvalue weighted by Gasteiger charge is -2.01. The molecule has 1 heterocycles. The van der Waals surface area contributed by atoms with Crippen molar-refractivity contribution in [3.8, 4) is 0 Å². The summed E-state index contributed by atoms with van der Waals surface area (Å²) in [5.41, 5.74) is 2.04. The molecule has 0 atom stereocenters. The molecule has 1 nitrogen and oxygen atoms in total. The van der Waals surface area contributed by atoms with Gasteiger partial charge in [0.2, 0.25) is 0 Å². The van der Waals surface area contributed by atoms with Crippen molar-refractivity contribution in [1.29, 1.82) is 0 Å². The molecule has 1 N–H and O–H groups in total. The van der Waals surface area contributed by atoms with E-state index in [0.29, 0.717) is 5.02 Å². The molecule has 0 bridgehead atoms. The van der Waals surface area contributed by atoms with Crippen LogP contribution in [0.15, 0.2) is 17.5 Å². The van der Waals surface area contributed by atoms with Crippen LogP contribution in [0.3, 0.4) is 0 Å². The van der Waals surface area contributed by atoms with Crippen LogP contribution in [0.1, 0.15) is 11.1 Å². The second kappa shape index (κ2) is 4.19. The highest BCUT2D eigenvalue weighted by molar-refractivity contribution is 9.08. The first kappa shape index (κ1) is 10.4. The van der Waals surface area contributed by atoms with Crippen molar-refractivity contribution < 1.29 is 5.11 Å². The zero-order chi connectivity index (χ0) is 10.1. The van der Waals surface area contributed by atoms with Gasteiger partial charge in [0.15, 0.2) is 0 Å². The fourth-order valence-corrected chi connectivity index (χ4v) is 3.28. The van der Waals surface area contributed by atoms with Crippen LogP contribution >= 0.6 is 38.9 Å². The third-order valence-corrected chi connectivity index (χ3v) is 4.09. The van der Waals surface area contributed by atoms with E-state index in [1.807, 2.05) is 12.1 Å². The molecular formula is C10H8BrClOS. The average Bonchev–Trinajstić information content (AvgIpc) is 2.58. The molecule has 0 spiro atoms. The van der Waals surface area contributed by atoms with Gasteiger partial charge in [-0.2, -0.15) is 0 Å². The molecule has 2 aromatic rings. The zero-order valence-corrected chi connectivity index (χ0v) is 10.4. The quantitative estimate of drug-likeness (QED) is 0.831. The van der Waals surface area contributed by atoms with Crippen molar-refractivity contribution in [1.82, 2.24) is 0 Å². The maximum Gasteiger partial charge on any atom is 0.0696 e. The summed E-state index contributed by atoms with van der Waals surface area (Å²) in [5, 5.41) is 13.8. The highest BCUT2D eigenvalue weighted by Gasteiger charge is 2.07. The van der Waals surface area contributed by atoms with Crippen LogP contribution in [0.25, 0.3) is 10.1 Å². The van der Waals surface area contributed by atoms with E-state index in [1.165, 1.54) is 15.6 Å². The second-order valence-corrected chi connectivity index (χ2v) is 4.87. The Morgan fingerprint density at radius 1 is 1.36 bits per heavy atom. The van der Waals surface area contributed by atoms with Crippen molar-refractivity contribution in [2.45, 2.75) is 11.9 Å². The topological polar surface area (TPSA) is 20.2 Å². The van der Waals surface area contributed by atoms with Crippen molar-refractivity contribution in [3.05, 3.63) is 33.7 Å². The minimum absolute atomic E-state index is 0.00365. The van der Waals surface area contributed by atoms with Gasteiger partial charge in [0.25, 0.3) is 0 Å². The molecular weight excluding hydrogens is 284 g/mol. The molecule has 4 heteroatoms. The molecule has 0 aliphatic carbocycles. The molecule has 0 amide bonds. The van der Waals surface area contributed by atoms with Crippen LogP contribution in [0, 0.1) is 0 Å². The van der Waals surface area contributed by atoms with Gasteiger partial charge in [-0.15, -0.1) is 11.3 Å². The number of halogens is 2. The number of hydrogen-bond acceptors (Lipinski definition) is 2. The minimum atomic E-state index is -0.00365. The number of thiophene rings is 1. The predicted molar refractivity (Wildman–Crippen MR) is 65.4 cm³/mol. The van der Waals surface area contributed by atoms with E-state index in [4.69, 9.17) is 16.7 Å². The first-order chi connectivity index (χ1) is 6.76. The van der Waals surface area contributed by atoms with E-state index in [0.717, 1.165) is 10.9 Å². The van der Waals surface area contributed by atoms with Gasteiger partial charge in [0.1, 0.15) is 0 Å². The number of alkyl halides is 1. The van der Waals surface area contributed by atoms with Crippen LogP contribution in [-0.4, -0.2) is 5.11 Å². The zero-order valence-electron chi connectivity index (χ0n) is 7.26. The summed E-state index contributed by atoms with van der Waals surface area (Å²) < 4.78 is 1.17. The van der Waals surface area contributed by atoms with Gasteiger partial charge in [-0.05, 0) is 34.0 Å². The fourth-order valence-electron chi connectivity index (χ4n) is 1.37. The summed E-state index contributed by atoms with van der Waals surface area (Å²) in [6, 6.07) is 3.88. The first-order valence-electron chi connectivity index (χ1n) is 4.11. The molecule has 1 aromatic heterocycles. The number of aliphatic hydroxyl groups is 1.